The summed E-state index contributed by atoms with van der Waals surface area (Å²) in [5.74, 6) is 0.674. The summed E-state index contributed by atoms with van der Waals surface area (Å²) in [6, 6.07) is 7.64. The highest BCUT2D eigenvalue weighted by Crippen LogP contribution is 2.30. The van der Waals surface area contributed by atoms with Crippen LogP contribution in [-0.4, -0.2) is 20.2 Å². The molecule has 1 aromatic carbocycles. The van der Waals surface area contributed by atoms with Gasteiger partial charge in [-0.25, -0.2) is 9.97 Å². The van der Waals surface area contributed by atoms with E-state index in [0.29, 0.717) is 10.8 Å². The van der Waals surface area contributed by atoms with E-state index in [1.807, 2.05) is 29.6 Å². The highest BCUT2D eigenvalue weighted by Gasteiger charge is 2.10. The lowest BCUT2D eigenvalue weighted by Gasteiger charge is -1.98. The fourth-order valence-corrected chi connectivity index (χ4v) is 2.48. The molecule has 0 aliphatic carbocycles. The quantitative estimate of drug-likeness (QED) is 0.771. The third kappa shape index (κ3) is 1.94. The smallest absolute Gasteiger partial charge is 0.184 e. The molecule has 0 atom stereocenters. The number of nitrogens with one attached hydrogen (secondary N) is 1. The highest BCUT2D eigenvalue weighted by molar-refractivity contribution is 7.13. The second-order valence-corrected chi connectivity index (χ2v) is 4.62. The molecule has 0 radical (unpaired) electrons. The summed E-state index contributed by atoms with van der Waals surface area (Å²) in [6.07, 6.45) is 1.46. The number of rotatable bonds is 2. The van der Waals surface area contributed by atoms with Gasteiger partial charge in [0.1, 0.15) is 6.33 Å². The zero-order valence-electron chi connectivity index (χ0n) is 8.59. The van der Waals surface area contributed by atoms with Gasteiger partial charge in [0, 0.05) is 16.0 Å². The number of hydrogen-bond donors (Lipinski definition) is 1. The first-order chi connectivity index (χ1) is 8.34. The van der Waals surface area contributed by atoms with Gasteiger partial charge in [0.25, 0.3) is 0 Å². The first-order valence-electron chi connectivity index (χ1n) is 4.91. The maximum atomic E-state index is 6.12. The van der Waals surface area contributed by atoms with Crippen molar-refractivity contribution < 1.29 is 0 Å². The van der Waals surface area contributed by atoms with Gasteiger partial charge in [-0.3, -0.25) is 5.10 Å². The lowest BCUT2D eigenvalue weighted by molar-refractivity contribution is 1.09. The predicted octanol–water partition coefficient (Wildman–Crippen LogP) is 3.25. The molecule has 1 N–H and O–H groups in total. The second kappa shape index (κ2) is 4.27. The van der Waals surface area contributed by atoms with Crippen molar-refractivity contribution in [2.75, 3.05) is 0 Å². The standard InChI is InChI=1S/C11H7ClN4S/c12-8-4-2-1-3-7(8)9-5-17-11(15-9)10-13-6-14-16-10/h1-6H,(H,13,14,16). The SMILES string of the molecule is Clc1ccccc1-c1csc(-c2ncn[nH]2)n1. The molecule has 17 heavy (non-hydrogen) atoms. The van der Waals surface area contributed by atoms with E-state index in [4.69, 9.17) is 11.6 Å². The van der Waals surface area contributed by atoms with E-state index < -0.39 is 0 Å². The molecule has 6 heteroatoms. The van der Waals surface area contributed by atoms with Crippen molar-refractivity contribution in [1.29, 1.82) is 0 Å². The molecule has 0 fully saturated rings. The minimum Gasteiger partial charge on any atom is -0.257 e. The number of halogens is 1. The van der Waals surface area contributed by atoms with Crippen molar-refractivity contribution >= 4 is 22.9 Å². The van der Waals surface area contributed by atoms with Gasteiger partial charge in [-0.15, -0.1) is 11.3 Å². The number of H-pyrrole nitrogens is 1. The van der Waals surface area contributed by atoms with Crippen molar-refractivity contribution in [2.24, 2.45) is 0 Å². The van der Waals surface area contributed by atoms with Gasteiger partial charge < -0.3 is 0 Å². The maximum Gasteiger partial charge on any atom is 0.184 e. The Hall–Kier alpha value is -1.72. The Morgan fingerprint density at radius 2 is 2.12 bits per heavy atom. The van der Waals surface area contributed by atoms with Gasteiger partial charge in [0.2, 0.25) is 0 Å². The summed E-state index contributed by atoms with van der Waals surface area (Å²) < 4.78 is 0. The van der Waals surface area contributed by atoms with E-state index in [9.17, 15) is 0 Å². The van der Waals surface area contributed by atoms with Crippen LogP contribution < -0.4 is 0 Å². The van der Waals surface area contributed by atoms with Crippen molar-refractivity contribution in [3.63, 3.8) is 0 Å². The number of benzene rings is 1. The normalized spacial score (nSPS) is 10.6. The molecule has 0 spiro atoms. The van der Waals surface area contributed by atoms with Gasteiger partial charge >= 0.3 is 0 Å². The third-order valence-corrected chi connectivity index (χ3v) is 3.45. The fraction of sp³-hybridized carbons (Fsp3) is 0. The van der Waals surface area contributed by atoms with E-state index in [1.54, 1.807) is 0 Å². The Labute approximate surface area is 106 Å². The number of aromatic amines is 1. The average molecular weight is 263 g/mol. The Morgan fingerprint density at radius 3 is 2.88 bits per heavy atom. The fourth-order valence-electron chi connectivity index (χ4n) is 1.48. The molecule has 2 aromatic heterocycles. The van der Waals surface area contributed by atoms with Crippen molar-refractivity contribution in [2.45, 2.75) is 0 Å². The summed E-state index contributed by atoms with van der Waals surface area (Å²) in [5, 5.41) is 10.0. The molecule has 0 bridgehead atoms. The molecule has 0 saturated carbocycles. The number of thiazole rings is 1. The summed E-state index contributed by atoms with van der Waals surface area (Å²) >= 11 is 7.63. The van der Waals surface area contributed by atoms with Crippen LogP contribution in [0.15, 0.2) is 36.0 Å². The van der Waals surface area contributed by atoms with Crippen LogP contribution in [0.2, 0.25) is 5.02 Å². The molecular formula is C11H7ClN4S. The largest absolute Gasteiger partial charge is 0.257 e. The Morgan fingerprint density at radius 1 is 1.24 bits per heavy atom. The molecule has 0 aliphatic rings. The molecule has 0 saturated heterocycles. The Balaban J connectivity index is 2.04. The zero-order valence-corrected chi connectivity index (χ0v) is 10.2. The molecule has 0 unspecified atom stereocenters. The molecule has 3 rings (SSSR count). The van der Waals surface area contributed by atoms with Gasteiger partial charge in [-0.1, -0.05) is 29.8 Å². The first kappa shape index (κ1) is 10.4. The van der Waals surface area contributed by atoms with Crippen molar-refractivity contribution in [3.8, 4) is 22.1 Å². The lowest BCUT2D eigenvalue weighted by Crippen LogP contribution is -1.82. The van der Waals surface area contributed by atoms with Gasteiger partial charge in [-0.2, -0.15) is 5.10 Å². The minimum absolute atomic E-state index is 0.674. The van der Waals surface area contributed by atoms with Crippen LogP contribution in [0.3, 0.4) is 0 Å². The van der Waals surface area contributed by atoms with Crippen molar-refractivity contribution in [3.05, 3.63) is 41.0 Å². The molecule has 4 nitrogen and oxygen atoms in total. The van der Waals surface area contributed by atoms with Crippen LogP contribution >= 0.6 is 22.9 Å². The molecule has 0 amide bonds. The molecule has 84 valence electrons. The highest BCUT2D eigenvalue weighted by atomic mass is 35.5. The topological polar surface area (TPSA) is 54.5 Å². The average Bonchev–Trinajstić information content (AvgIpc) is 3.00. The summed E-state index contributed by atoms with van der Waals surface area (Å²) in [7, 11) is 0. The van der Waals surface area contributed by atoms with Crippen LogP contribution in [0, 0.1) is 0 Å². The molecule has 2 heterocycles. The summed E-state index contributed by atoms with van der Waals surface area (Å²) in [6.45, 7) is 0. The molecular weight excluding hydrogens is 256 g/mol. The summed E-state index contributed by atoms with van der Waals surface area (Å²) in [4.78, 5) is 8.55. The monoisotopic (exact) mass is 262 g/mol. The lowest BCUT2D eigenvalue weighted by atomic mass is 10.2. The minimum atomic E-state index is 0.674. The van der Waals surface area contributed by atoms with Crippen LogP contribution in [0.4, 0.5) is 0 Å². The van der Waals surface area contributed by atoms with E-state index in [0.717, 1.165) is 16.3 Å². The predicted molar refractivity (Wildman–Crippen MR) is 67.9 cm³/mol. The maximum absolute atomic E-state index is 6.12. The van der Waals surface area contributed by atoms with Gasteiger partial charge in [0.05, 0.1) is 5.69 Å². The van der Waals surface area contributed by atoms with Crippen molar-refractivity contribution in [1.82, 2.24) is 20.2 Å². The van der Waals surface area contributed by atoms with Crippen LogP contribution in [0.25, 0.3) is 22.1 Å². The number of aromatic nitrogens is 4. The Kier molecular flexibility index (Phi) is 2.62. The van der Waals surface area contributed by atoms with Gasteiger partial charge in [-0.05, 0) is 6.07 Å². The van der Waals surface area contributed by atoms with E-state index in [-0.39, 0.29) is 0 Å². The van der Waals surface area contributed by atoms with E-state index in [2.05, 4.69) is 20.2 Å². The van der Waals surface area contributed by atoms with Crippen LogP contribution in [0.1, 0.15) is 0 Å². The summed E-state index contributed by atoms with van der Waals surface area (Å²) in [5.41, 5.74) is 1.78. The zero-order chi connectivity index (χ0) is 11.7. The molecule has 3 aromatic rings. The molecule has 0 aliphatic heterocycles. The van der Waals surface area contributed by atoms with Crippen LogP contribution in [-0.2, 0) is 0 Å². The van der Waals surface area contributed by atoms with Crippen LogP contribution in [0.5, 0.6) is 0 Å². The Bertz CT molecular complexity index is 632. The third-order valence-electron chi connectivity index (χ3n) is 2.27. The van der Waals surface area contributed by atoms with E-state index in [1.165, 1.54) is 17.7 Å². The number of hydrogen-bond acceptors (Lipinski definition) is 4. The van der Waals surface area contributed by atoms with E-state index >= 15 is 0 Å². The number of nitrogens with zero attached hydrogens (tertiary/aromatic N) is 3. The second-order valence-electron chi connectivity index (χ2n) is 3.35. The van der Waals surface area contributed by atoms with Gasteiger partial charge in [0.15, 0.2) is 10.8 Å². The first-order valence-corrected chi connectivity index (χ1v) is 6.16.